The Balaban J connectivity index is 1.47. The molecule has 2 aromatic carbocycles. The third-order valence-electron chi connectivity index (χ3n) is 5.74. The van der Waals surface area contributed by atoms with E-state index in [0.29, 0.717) is 18.7 Å². The molecule has 0 unspecified atom stereocenters. The largest absolute Gasteiger partial charge is 0.497 e. The fraction of sp³-hybridized carbons (Fsp3) is 0.375. The summed E-state index contributed by atoms with van der Waals surface area (Å²) in [7, 11) is 1.67. The van der Waals surface area contributed by atoms with Gasteiger partial charge in [0.25, 0.3) is 5.91 Å². The lowest BCUT2D eigenvalue weighted by Gasteiger charge is -2.36. The number of nitrogens with zero attached hydrogens (tertiary/aromatic N) is 4. The van der Waals surface area contributed by atoms with Crippen LogP contribution in [0.4, 0.5) is 5.69 Å². The van der Waals surface area contributed by atoms with Crippen LogP contribution in [0, 0.1) is 0 Å². The Kier molecular flexibility index (Phi) is 5.84. The molecule has 1 fully saturated rings. The first-order valence-electron chi connectivity index (χ1n) is 10.6. The van der Waals surface area contributed by atoms with Gasteiger partial charge >= 0.3 is 0 Å². The molecule has 0 saturated carbocycles. The molecule has 156 valence electrons. The lowest BCUT2D eigenvalue weighted by molar-refractivity contribution is 0.0747. The van der Waals surface area contributed by atoms with Gasteiger partial charge in [-0.15, -0.1) is 0 Å². The fourth-order valence-electron chi connectivity index (χ4n) is 3.97. The van der Waals surface area contributed by atoms with Gasteiger partial charge < -0.3 is 14.5 Å². The van der Waals surface area contributed by atoms with Gasteiger partial charge in [-0.1, -0.05) is 13.8 Å². The van der Waals surface area contributed by atoms with E-state index in [4.69, 9.17) is 14.7 Å². The second-order valence-electron chi connectivity index (χ2n) is 7.50. The molecule has 0 N–H and O–H groups in total. The van der Waals surface area contributed by atoms with Crippen LogP contribution in [-0.2, 0) is 12.8 Å². The maximum Gasteiger partial charge on any atom is 0.254 e. The highest BCUT2D eigenvalue weighted by Gasteiger charge is 2.23. The minimum atomic E-state index is 0.0608. The molecule has 0 aliphatic carbocycles. The molecular formula is C24H28N4O2. The normalized spacial score (nSPS) is 14.2. The van der Waals surface area contributed by atoms with E-state index in [2.05, 4.69) is 30.9 Å². The quantitative estimate of drug-likeness (QED) is 0.649. The Bertz CT molecular complexity index is 1040. The van der Waals surface area contributed by atoms with E-state index < -0.39 is 0 Å². The summed E-state index contributed by atoms with van der Waals surface area (Å²) >= 11 is 0. The van der Waals surface area contributed by atoms with Crippen molar-refractivity contribution >= 4 is 22.6 Å². The fourth-order valence-corrected chi connectivity index (χ4v) is 3.97. The van der Waals surface area contributed by atoms with Crippen LogP contribution in [0.5, 0.6) is 5.75 Å². The van der Waals surface area contributed by atoms with E-state index in [-0.39, 0.29) is 5.91 Å². The number of benzene rings is 2. The number of hydrogen-bond acceptors (Lipinski definition) is 5. The molecule has 1 aromatic heterocycles. The van der Waals surface area contributed by atoms with Crippen molar-refractivity contribution in [2.75, 3.05) is 38.2 Å². The van der Waals surface area contributed by atoms with Gasteiger partial charge in [0.15, 0.2) is 0 Å². The number of piperazine rings is 1. The van der Waals surface area contributed by atoms with Crippen LogP contribution in [0.2, 0.25) is 0 Å². The zero-order chi connectivity index (χ0) is 21.1. The van der Waals surface area contributed by atoms with Crippen LogP contribution < -0.4 is 9.64 Å². The maximum absolute atomic E-state index is 13.1. The summed E-state index contributed by atoms with van der Waals surface area (Å²) in [6.07, 6.45) is 1.71. The second kappa shape index (κ2) is 8.69. The number of methoxy groups -OCH3 is 1. The van der Waals surface area contributed by atoms with Gasteiger partial charge in [-0.2, -0.15) is 0 Å². The van der Waals surface area contributed by atoms with Crippen LogP contribution in [0.15, 0.2) is 42.5 Å². The van der Waals surface area contributed by atoms with E-state index in [0.717, 1.165) is 59.8 Å². The minimum absolute atomic E-state index is 0.0608. The molecule has 1 aliphatic rings. The number of rotatable bonds is 5. The molecule has 2 heterocycles. The molecule has 0 spiro atoms. The molecule has 0 atom stereocenters. The number of carbonyl (C=O) groups excluding carboxylic acids is 1. The molecule has 1 amide bonds. The van der Waals surface area contributed by atoms with Crippen molar-refractivity contribution in [2.24, 2.45) is 0 Å². The van der Waals surface area contributed by atoms with Crippen LogP contribution in [0.1, 0.15) is 35.6 Å². The van der Waals surface area contributed by atoms with Crippen molar-refractivity contribution in [1.82, 2.24) is 14.9 Å². The monoisotopic (exact) mass is 404 g/mol. The average Bonchev–Trinajstić information content (AvgIpc) is 2.82. The topological polar surface area (TPSA) is 58.6 Å². The van der Waals surface area contributed by atoms with Gasteiger partial charge in [-0.25, -0.2) is 9.97 Å². The summed E-state index contributed by atoms with van der Waals surface area (Å²) < 4.78 is 5.23. The van der Waals surface area contributed by atoms with Gasteiger partial charge in [0.2, 0.25) is 0 Å². The van der Waals surface area contributed by atoms with Crippen molar-refractivity contribution in [1.29, 1.82) is 0 Å². The SMILES string of the molecule is CCc1nc2ccc(C(=O)N3CCN(c4ccc(OC)cc4)CC3)cc2nc1CC. The van der Waals surface area contributed by atoms with Crippen molar-refractivity contribution in [2.45, 2.75) is 26.7 Å². The van der Waals surface area contributed by atoms with Gasteiger partial charge in [0.05, 0.1) is 29.5 Å². The molecule has 0 radical (unpaired) electrons. The van der Waals surface area contributed by atoms with Crippen LogP contribution in [0.25, 0.3) is 11.0 Å². The number of carbonyl (C=O) groups is 1. The predicted octanol–water partition coefficient (Wildman–Crippen LogP) is 3.73. The van der Waals surface area contributed by atoms with Crippen LogP contribution >= 0.6 is 0 Å². The molecule has 1 aliphatic heterocycles. The standard InChI is InChI=1S/C24H28N4O2/c1-4-20-21(5-2)26-23-16-17(6-11-22(23)25-20)24(29)28-14-12-27(13-15-28)18-7-9-19(30-3)10-8-18/h6-11,16H,4-5,12-15H2,1-3H3. The smallest absolute Gasteiger partial charge is 0.254 e. The highest BCUT2D eigenvalue weighted by Crippen LogP contribution is 2.22. The highest BCUT2D eigenvalue weighted by molar-refractivity contribution is 5.97. The van der Waals surface area contributed by atoms with E-state index in [9.17, 15) is 4.79 Å². The van der Waals surface area contributed by atoms with Crippen molar-refractivity contribution in [3.8, 4) is 5.75 Å². The summed E-state index contributed by atoms with van der Waals surface area (Å²) in [6.45, 7) is 7.20. The number of amides is 1. The first-order valence-corrected chi connectivity index (χ1v) is 10.6. The Hall–Kier alpha value is -3.15. The summed E-state index contributed by atoms with van der Waals surface area (Å²) in [5.74, 6) is 0.912. The molecule has 6 nitrogen and oxygen atoms in total. The van der Waals surface area contributed by atoms with Crippen molar-refractivity contribution < 1.29 is 9.53 Å². The average molecular weight is 405 g/mol. The molecular weight excluding hydrogens is 376 g/mol. The van der Waals surface area contributed by atoms with Crippen molar-refractivity contribution in [3.63, 3.8) is 0 Å². The Morgan fingerprint density at radius 1 is 0.900 bits per heavy atom. The number of aryl methyl sites for hydroxylation is 2. The van der Waals surface area contributed by atoms with E-state index in [1.54, 1.807) is 7.11 Å². The van der Waals surface area contributed by atoms with E-state index in [1.165, 1.54) is 0 Å². The number of ether oxygens (including phenoxy) is 1. The first-order chi connectivity index (χ1) is 14.6. The summed E-state index contributed by atoms with van der Waals surface area (Å²) in [6, 6.07) is 13.7. The lowest BCUT2D eigenvalue weighted by atomic mass is 10.1. The molecule has 3 aromatic rings. The third kappa shape index (κ3) is 3.95. The molecule has 6 heteroatoms. The Morgan fingerprint density at radius 3 is 2.13 bits per heavy atom. The van der Waals surface area contributed by atoms with Gasteiger partial charge in [0, 0.05) is 37.4 Å². The number of aromatic nitrogens is 2. The summed E-state index contributed by atoms with van der Waals surface area (Å²) in [5, 5.41) is 0. The summed E-state index contributed by atoms with van der Waals surface area (Å²) in [4.78, 5) is 26.8. The molecule has 4 rings (SSSR count). The minimum Gasteiger partial charge on any atom is -0.497 e. The molecule has 30 heavy (non-hydrogen) atoms. The molecule has 1 saturated heterocycles. The van der Waals surface area contributed by atoms with Crippen LogP contribution in [-0.4, -0.2) is 54.1 Å². The van der Waals surface area contributed by atoms with E-state index >= 15 is 0 Å². The zero-order valence-electron chi connectivity index (χ0n) is 17.9. The van der Waals surface area contributed by atoms with Gasteiger partial charge in [-0.05, 0) is 55.3 Å². The Morgan fingerprint density at radius 2 is 1.53 bits per heavy atom. The second-order valence-corrected chi connectivity index (χ2v) is 7.50. The van der Waals surface area contributed by atoms with Crippen LogP contribution in [0.3, 0.4) is 0 Å². The zero-order valence-corrected chi connectivity index (χ0v) is 17.9. The molecule has 0 bridgehead atoms. The van der Waals surface area contributed by atoms with Gasteiger partial charge in [0.1, 0.15) is 5.75 Å². The number of fused-ring (bicyclic) bond motifs is 1. The third-order valence-corrected chi connectivity index (χ3v) is 5.74. The predicted molar refractivity (Wildman–Crippen MR) is 119 cm³/mol. The summed E-state index contributed by atoms with van der Waals surface area (Å²) in [5.41, 5.74) is 5.54. The number of anilines is 1. The number of hydrogen-bond donors (Lipinski definition) is 0. The van der Waals surface area contributed by atoms with Gasteiger partial charge in [-0.3, -0.25) is 4.79 Å². The maximum atomic E-state index is 13.1. The van der Waals surface area contributed by atoms with Crippen molar-refractivity contribution in [3.05, 3.63) is 59.4 Å². The lowest BCUT2D eigenvalue weighted by Crippen LogP contribution is -2.48. The Labute approximate surface area is 177 Å². The van der Waals surface area contributed by atoms with E-state index in [1.807, 2.05) is 35.2 Å². The first kappa shape index (κ1) is 20.1. The highest BCUT2D eigenvalue weighted by atomic mass is 16.5.